The monoisotopic (exact) mass is 244 g/mol. The van der Waals surface area contributed by atoms with Crippen LogP contribution in [-0.2, 0) is 0 Å². The zero-order valence-electron chi connectivity index (χ0n) is 10.1. The summed E-state index contributed by atoms with van der Waals surface area (Å²) < 4.78 is 5.73. The van der Waals surface area contributed by atoms with Gasteiger partial charge in [0.25, 0.3) is 0 Å². The fourth-order valence-electron chi connectivity index (χ4n) is 2.37. The highest BCUT2D eigenvalue weighted by atomic mass is 16.3. The fourth-order valence-corrected chi connectivity index (χ4v) is 2.37. The number of furan rings is 1. The van der Waals surface area contributed by atoms with Crippen molar-refractivity contribution in [3.05, 3.63) is 66.9 Å². The van der Waals surface area contributed by atoms with Crippen LogP contribution < -0.4 is 0 Å². The van der Waals surface area contributed by atoms with Crippen molar-refractivity contribution in [3.63, 3.8) is 0 Å². The highest BCUT2D eigenvalue weighted by Crippen LogP contribution is 2.31. The molecule has 89 valence electrons. The molecule has 2 nitrogen and oxygen atoms in total. The average Bonchev–Trinajstić information content (AvgIpc) is 2.86. The van der Waals surface area contributed by atoms with Crippen molar-refractivity contribution in [3.8, 4) is 11.1 Å². The Labute approximate surface area is 110 Å². The van der Waals surface area contributed by atoms with Crippen LogP contribution in [0.5, 0.6) is 0 Å². The minimum atomic E-state index is 0.691. The van der Waals surface area contributed by atoms with Crippen molar-refractivity contribution in [1.29, 1.82) is 0 Å². The Bertz CT molecular complexity index is 862. The Morgan fingerprint density at radius 2 is 1.79 bits per heavy atom. The molecule has 2 aromatic heterocycles. The largest absolute Gasteiger partial charge is 0.438 e. The maximum atomic E-state index is 5.73. The lowest BCUT2D eigenvalue weighted by molar-refractivity contribution is 0.654. The smallest absolute Gasteiger partial charge is 0.227 e. The summed E-state index contributed by atoms with van der Waals surface area (Å²) in [6.07, 6.45) is 1.75. The topological polar surface area (TPSA) is 26.0 Å². The molecule has 1 radical (unpaired) electrons. The first-order valence-electron chi connectivity index (χ1n) is 6.15. The number of hydrogen-bond donors (Lipinski definition) is 0. The molecule has 2 heterocycles. The minimum Gasteiger partial charge on any atom is -0.438 e. The summed E-state index contributed by atoms with van der Waals surface area (Å²) in [5.74, 6) is 0. The molecule has 0 saturated carbocycles. The molecule has 19 heavy (non-hydrogen) atoms. The molecular weight excluding hydrogens is 234 g/mol. The van der Waals surface area contributed by atoms with Gasteiger partial charge in [0, 0.05) is 17.0 Å². The zero-order chi connectivity index (χ0) is 12.7. The van der Waals surface area contributed by atoms with Crippen molar-refractivity contribution in [2.45, 2.75) is 0 Å². The van der Waals surface area contributed by atoms with Gasteiger partial charge in [0.1, 0.15) is 5.58 Å². The lowest BCUT2D eigenvalue weighted by Gasteiger charge is -2.00. The summed E-state index contributed by atoms with van der Waals surface area (Å²) in [5, 5.41) is 2.16. The van der Waals surface area contributed by atoms with E-state index in [9.17, 15) is 0 Å². The highest BCUT2D eigenvalue weighted by molar-refractivity contribution is 6.04. The van der Waals surface area contributed by atoms with Crippen molar-refractivity contribution < 1.29 is 4.42 Å². The van der Waals surface area contributed by atoms with Gasteiger partial charge in [-0.3, -0.25) is 0 Å². The van der Waals surface area contributed by atoms with E-state index in [4.69, 9.17) is 4.42 Å². The molecular formula is C17H10NO. The summed E-state index contributed by atoms with van der Waals surface area (Å²) >= 11 is 0. The van der Waals surface area contributed by atoms with Gasteiger partial charge in [-0.05, 0) is 41.5 Å². The van der Waals surface area contributed by atoms with E-state index in [0.717, 1.165) is 16.4 Å². The number of benzene rings is 2. The zero-order valence-corrected chi connectivity index (χ0v) is 10.1. The van der Waals surface area contributed by atoms with Gasteiger partial charge in [0.2, 0.25) is 5.71 Å². The number of nitrogens with zero attached hydrogens (tertiary/aromatic N) is 1. The molecule has 0 unspecified atom stereocenters. The summed E-state index contributed by atoms with van der Waals surface area (Å²) in [4.78, 5) is 4.25. The molecule has 0 N–H and O–H groups in total. The molecule has 2 aromatic carbocycles. The van der Waals surface area contributed by atoms with E-state index in [2.05, 4.69) is 35.3 Å². The normalized spacial score (nSPS) is 11.2. The first-order chi connectivity index (χ1) is 9.42. The molecule has 0 spiro atoms. The minimum absolute atomic E-state index is 0.691. The third-order valence-corrected chi connectivity index (χ3v) is 3.30. The van der Waals surface area contributed by atoms with E-state index in [-0.39, 0.29) is 0 Å². The van der Waals surface area contributed by atoms with Crippen molar-refractivity contribution in [2.24, 2.45) is 0 Å². The van der Waals surface area contributed by atoms with Gasteiger partial charge in [0.05, 0.1) is 0 Å². The van der Waals surface area contributed by atoms with Gasteiger partial charge < -0.3 is 4.42 Å². The maximum Gasteiger partial charge on any atom is 0.227 e. The maximum absolute atomic E-state index is 5.73. The van der Waals surface area contributed by atoms with Crippen LogP contribution in [0.25, 0.3) is 33.2 Å². The first-order valence-corrected chi connectivity index (χ1v) is 6.15. The second-order valence-corrected chi connectivity index (χ2v) is 4.46. The first kappa shape index (κ1) is 10.3. The molecule has 4 aromatic rings. The van der Waals surface area contributed by atoms with Crippen molar-refractivity contribution in [2.75, 3.05) is 0 Å². The number of rotatable bonds is 1. The van der Waals surface area contributed by atoms with Gasteiger partial charge in [-0.25, -0.2) is 4.98 Å². The summed E-state index contributed by atoms with van der Waals surface area (Å²) in [6.45, 7) is 0. The predicted octanol–water partition coefficient (Wildman–Crippen LogP) is 4.45. The molecule has 0 fully saturated rings. The van der Waals surface area contributed by atoms with Gasteiger partial charge in [-0.1, -0.05) is 30.3 Å². The standard InChI is InChI=1S/C17H10NO/c1-2-5-12(6-3-1)13-8-9-16-15(11-13)14-7-4-10-18-17(14)19-16/h2-11H. The number of aromatic nitrogens is 1. The van der Waals surface area contributed by atoms with Crippen LogP contribution in [-0.4, -0.2) is 4.98 Å². The number of hydrogen-bond acceptors (Lipinski definition) is 2. The third kappa shape index (κ3) is 1.61. The fraction of sp³-hybridized carbons (Fsp3) is 0. The van der Waals surface area contributed by atoms with Crippen molar-refractivity contribution >= 4 is 22.1 Å². The van der Waals surface area contributed by atoms with Gasteiger partial charge in [-0.15, -0.1) is 0 Å². The van der Waals surface area contributed by atoms with Crippen LogP contribution in [0.15, 0.2) is 65.2 Å². The highest BCUT2D eigenvalue weighted by Gasteiger charge is 2.08. The van der Waals surface area contributed by atoms with Crippen LogP contribution in [0.2, 0.25) is 0 Å². The van der Waals surface area contributed by atoms with Gasteiger partial charge in [-0.2, -0.15) is 0 Å². The quantitative estimate of drug-likeness (QED) is 0.494. The van der Waals surface area contributed by atoms with E-state index < -0.39 is 0 Å². The molecule has 0 aliphatic rings. The molecule has 0 atom stereocenters. The molecule has 0 aliphatic carbocycles. The third-order valence-electron chi connectivity index (χ3n) is 3.30. The van der Waals surface area contributed by atoms with E-state index in [1.54, 1.807) is 6.20 Å². The van der Waals surface area contributed by atoms with E-state index in [0.29, 0.717) is 5.71 Å². The van der Waals surface area contributed by atoms with Crippen molar-refractivity contribution in [1.82, 2.24) is 4.98 Å². The van der Waals surface area contributed by atoms with Crippen LogP contribution >= 0.6 is 0 Å². The Hall–Kier alpha value is -2.61. The summed E-state index contributed by atoms with van der Waals surface area (Å²) in [5.41, 5.74) is 3.92. The second-order valence-electron chi connectivity index (χ2n) is 4.46. The van der Waals surface area contributed by atoms with Gasteiger partial charge >= 0.3 is 0 Å². The van der Waals surface area contributed by atoms with E-state index in [1.165, 1.54) is 11.1 Å². The average molecular weight is 244 g/mol. The number of pyridine rings is 1. The molecule has 2 heteroatoms. The summed E-state index contributed by atoms with van der Waals surface area (Å²) in [6, 6.07) is 21.2. The SMILES string of the molecule is [c]1ccc(-c2ccc3oc4ncccc4c3c2)cc1. The Balaban J connectivity index is 2.03. The molecule has 0 aliphatic heterocycles. The molecule has 0 saturated heterocycles. The lowest BCUT2D eigenvalue weighted by atomic mass is 10.0. The van der Waals surface area contributed by atoms with Crippen LogP contribution in [0.1, 0.15) is 0 Å². The molecule has 0 amide bonds. The van der Waals surface area contributed by atoms with Crippen LogP contribution in [0, 0.1) is 6.07 Å². The van der Waals surface area contributed by atoms with E-state index in [1.807, 2.05) is 30.3 Å². The van der Waals surface area contributed by atoms with Crippen LogP contribution in [0.3, 0.4) is 0 Å². The molecule has 4 rings (SSSR count). The van der Waals surface area contributed by atoms with Crippen LogP contribution in [0.4, 0.5) is 0 Å². The Morgan fingerprint density at radius 3 is 2.68 bits per heavy atom. The second kappa shape index (κ2) is 3.95. The Morgan fingerprint density at radius 1 is 0.895 bits per heavy atom. The number of fused-ring (bicyclic) bond motifs is 3. The Kier molecular flexibility index (Phi) is 2.15. The summed E-state index contributed by atoms with van der Waals surface area (Å²) in [7, 11) is 0. The predicted molar refractivity (Wildman–Crippen MR) is 75.8 cm³/mol. The lowest BCUT2D eigenvalue weighted by Crippen LogP contribution is -1.76. The molecule has 0 bridgehead atoms. The van der Waals surface area contributed by atoms with Gasteiger partial charge in [0.15, 0.2) is 0 Å². The van der Waals surface area contributed by atoms with E-state index >= 15 is 0 Å².